The van der Waals surface area contributed by atoms with Gasteiger partial charge < -0.3 is 9.80 Å². The summed E-state index contributed by atoms with van der Waals surface area (Å²) in [4.78, 5) is 31.1. The van der Waals surface area contributed by atoms with E-state index in [2.05, 4.69) is 36.1 Å². The lowest BCUT2D eigenvalue weighted by Crippen LogP contribution is -2.41. The maximum absolute atomic E-state index is 12.5. The summed E-state index contributed by atoms with van der Waals surface area (Å²) in [5.74, 6) is 1.87. The number of hydrogen-bond donors (Lipinski definition) is 0. The third-order valence-corrected chi connectivity index (χ3v) is 6.36. The van der Waals surface area contributed by atoms with Crippen molar-refractivity contribution in [1.82, 2.24) is 14.7 Å². The van der Waals surface area contributed by atoms with Crippen LogP contribution in [0.2, 0.25) is 0 Å². The van der Waals surface area contributed by atoms with Gasteiger partial charge in [-0.25, -0.2) is 0 Å². The summed E-state index contributed by atoms with van der Waals surface area (Å²) in [6.45, 7) is 7.65. The van der Waals surface area contributed by atoms with Crippen molar-refractivity contribution in [3.8, 4) is 0 Å². The molecule has 2 saturated heterocycles. The first-order valence-corrected chi connectivity index (χ1v) is 11.2. The molecular weight excluding hydrogens is 358 g/mol. The lowest BCUT2D eigenvalue weighted by atomic mass is 10.2. The van der Waals surface area contributed by atoms with Crippen molar-refractivity contribution < 1.29 is 9.59 Å². The van der Waals surface area contributed by atoms with Crippen molar-refractivity contribution in [2.45, 2.75) is 31.9 Å². The van der Waals surface area contributed by atoms with E-state index in [1.807, 2.05) is 9.80 Å². The summed E-state index contributed by atoms with van der Waals surface area (Å²) in [5, 5.41) is 0. The van der Waals surface area contributed by atoms with Gasteiger partial charge in [-0.1, -0.05) is 29.8 Å². The third kappa shape index (κ3) is 6.25. The number of rotatable bonds is 6. The SMILES string of the molecule is Cc1ccc(CSCC(=O)N2CCCN(CC(=O)N3CCCC3)CC2)cc1. The van der Waals surface area contributed by atoms with Crippen LogP contribution in [0.3, 0.4) is 0 Å². The highest BCUT2D eigenvalue weighted by molar-refractivity contribution is 7.99. The van der Waals surface area contributed by atoms with Crippen LogP contribution >= 0.6 is 11.8 Å². The van der Waals surface area contributed by atoms with Gasteiger partial charge in [-0.2, -0.15) is 0 Å². The van der Waals surface area contributed by atoms with E-state index in [-0.39, 0.29) is 11.8 Å². The zero-order valence-corrected chi connectivity index (χ0v) is 17.2. The summed E-state index contributed by atoms with van der Waals surface area (Å²) in [7, 11) is 0. The van der Waals surface area contributed by atoms with Gasteiger partial charge >= 0.3 is 0 Å². The number of benzene rings is 1. The molecule has 5 nitrogen and oxygen atoms in total. The molecule has 2 fully saturated rings. The fourth-order valence-electron chi connectivity index (χ4n) is 3.67. The first-order valence-electron chi connectivity index (χ1n) is 10.0. The fraction of sp³-hybridized carbons (Fsp3) is 0.619. The van der Waals surface area contributed by atoms with Gasteiger partial charge in [0, 0.05) is 45.0 Å². The maximum Gasteiger partial charge on any atom is 0.236 e. The minimum absolute atomic E-state index is 0.222. The molecule has 1 aromatic rings. The van der Waals surface area contributed by atoms with Crippen LogP contribution in [0.5, 0.6) is 0 Å². The van der Waals surface area contributed by atoms with Gasteiger partial charge in [0.05, 0.1) is 12.3 Å². The Kier molecular flexibility index (Phi) is 7.59. The number of hydrogen-bond acceptors (Lipinski definition) is 4. The first-order chi connectivity index (χ1) is 13.1. The van der Waals surface area contributed by atoms with Crippen LogP contribution in [0.1, 0.15) is 30.4 Å². The van der Waals surface area contributed by atoms with Crippen LogP contribution in [0.4, 0.5) is 0 Å². The summed E-state index contributed by atoms with van der Waals surface area (Å²) in [6, 6.07) is 8.50. The Labute approximate surface area is 167 Å². The van der Waals surface area contributed by atoms with E-state index in [1.54, 1.807) is 11.8 Å². The van der Waals surface area contributed by atoms with Crippen molar-refractivity contribution in [3.63, 3.8) is 0 Å². The number of carbonyl (C=O) groups excluding carboxylic acids is 2. The molecule has 0 saturated carbocycles. The number of carbonyl (C=O) groups is 2. The minimum Gasteiger partial charge on any atom is -0.342 e. The quantitative estimate of drug-likeness (QED) is 0.749. The summed E-state index contributed by atoms with van der Waals surface area (Å²) < 4.78 is 0. The molecule has 0 spiro atoms. The van der Waals surface area contributed by atoms with E-state index in [0.717, 1.165) is 64.3 Å². The maximum atomic E-state index is 12.5. The average molecular weight is 390 g/mol. The Morgan fingerprint density at radius 1 is 0.852 bits per heavy atom. The molecule has 0 aliphatic carbocycles. The molecule has 2 heterocycles. The largest absolute Gasteiger partial charge is 0.342 e. The third-order valence-electron chi connectivity index (χ3n) is 5.37. The highest BCUT2D eigenvalue weighted by Crippen LogP contribution is 2.15. The number of amides is 2. The molecule has 27 heavy (non-hydrogen) atoms. The average Bonchev–Trinajstić information content (AvgIpc) is 3.11. The lowest BCUT2D eigenvalue weighted by molar-refractivity contribution is -0.131. The monoisotopic (exact) mass is 389 g/mol. The zero-order valence-electron chi connectivity index (χ0n) is 16.4. The number of nitrogens with zero attached hydrogens (tertiary/aromatic N) is 3. The zero-order chi connectivity index (χ0) is 19.1. The van der Waals surface area contributed by atoms with Crippen molar-refractivity contribution in [2.24, 2.45) is 0 Å². The predicted octanol–water partition coefficient (Wildman–Crippen LogP) is 2.38. The molecule has 2 amide bonds. The fourth-order valence-corrected chi connectivity index (χ4v) is 4.56. The molecule has 6 heteroatoms. The Bertz CT molecular complexity index is 629. The topological polar surface area (TPSA) is 43.9 Å². The Balaban J connectivity index is 1.38. The molecule has 3 rings (SSSR count). The molecule has 2 aliphatic heterocycles. The van der Waals surface area contributed by atoms with Crippen LogP contribution in [0.15, 0.2) is 24.3 Å². The Hall–Kier alpha value is -1.53. The smallest absolute Gasteiger partial charge is 0.236 e. The second kappa shape index (κ2) is 10.1. The molecule has 0 atom stereocenters. The summed E-state index contributed by atoms with van der Waals surface area (Å²) in [5.41, 5.74) is 2.53. The van der Waals surface area contributed by atoms with Gasteiger partial charge in [-0.15, -0.1) is 11.8 Å². The molecule has 2 aliphatic rings. The van der Waals surface area contributed by atoms with E-state index in [4.69, 9.17) is 0 Å². The second-order valence-corrected chi connectivity index (χ2v) is 8.56. The van der Waals surface area contributed by atoms with E-state index in [1.165, 1.54) is 11.1 Å². The van der Waals surface area contributed by atoms with E-state index in [9.17, 15) is 9.59 Å². The van der Waals surface area contributed by atoms with Crippen molar-refractivity contribution >= 4 is 23.6 Å². The van der Waals surface area contributed by atoms with Crippen LogP contribution in [0.25, 0.3) is 0 Å². The Morgan fingerprint density at radius 2 is 1.52 bits per heavy atom. The van der Waals surface area contributed by atoms with Crippen LogP contribution in [-0.2, 0) is 15.3 Å². The van der Waals surface area contributed by atoms with Crippen molar-refractivity contribution in [2.75, 3.05) is 51.6 Å². The normalized spacial score (nSPS) is 18.6. The number of thioether (sulfide) groups is 1. The van der Waals surface area contributed by atoms with Gasteiger partial charge in [0.25, 0.3) is 0 Å². The van der Waals surface area contributed by atoms with Gasteiger partial charge in [0.2, 0.25) is 11.8 Å². The highest BCUT2D eigenvalue weighted by atomic mass is 32.2. The van der Waals surface area contributed by atoms with E-state index < -0.39 is 0 Å². The number of likely N-dealkylation sites (tertiary alicyclic amines) is 1. The second-order valence-electron chi connectivity index (χ2n) is 7.58. The minimum atomic E-state index is 0.222. The Morgan fingerprint density at radius 3 is 2.26 bits per heavy atom. The lowest BCUT2D eigenvalue weighted by Gasteiger charge is -2.24. The highest BCUT2D eigenvalue weighted by Gasteiger charge is 2.23. The van der Waals surface area contributed by atoms with Crippen LogP contribution in [-0.4, -0.2) is 78.1 Å². The van der Waals surface area contributed by atoms with Crippen molar-refractivity contribution in [1.29, 1.82) is 0 Å². The first kappa shape index (κ1) is 20.2. The standard InChI is InChI=1S/C21H31N3O2S/c1-18-5-7-19(8-6-18)16-27-17-21(26)24-12-4-9-22(13-14-24)15-20(25)23-10-2-3-11-23/h5-8H,2-4,9-17H2,1H3. The van der Waals surface area contributed by atoms with Gasteiger partial charge in [0.15, 0.2) is 0 Å². The number of aryl methyl sites for hydroxylation is 1. The predicted molar refractivity (Wildman–Crippen MR) is 111 cm³/mol. The van der Waals surface area contributed by atoms with Gasteiger partial charge in [-0.3, -0.25) is 14.5 Å². The van der Waals surface area contributed by atoms with Gasteiger partial charge in [0.1, 0.15) is 0 Å². The molecule has 0 N–H and O–H groups in total. The van der Waals surface area contributed by atoms with Crippen LogP contribution in [0, 0.1) is 6.92 Å². The summed E-state index contributed by atoms with van der Waals surface area (Å²) in [6.07, 6.45) is 3.21. The van der Waals surface area contributed by atoms with Gasteiger partial charge in [-0.05, 0) is 31.7 Å². The van der Waals surface area contributed by atoms with Crippen molar-refractivity contribution in [3.05, 3.63) is 35.4 Å². The summed E-state index contributed by atoms with van der Waals surface area (Å²) >= 11 is 1.68. The molecule has 0 radical (unpaired) electrons. The van der Waals surface area contributed by atoms with Crippen LogP contribution < -0.4 is 0 Å². The molecule has 148 valence electrons. The molecular formula is C21H31N3O2S. The molecule has 1 aromatic carbocycles. The molecule has 0 aromatic heterocycles. The molecule has 0 bridgehead atoms. The van der Waals surface area contributed by atoms with E-state index >= 15 is 0 Å². The van der Waals surface area contributed by atoms with E-state index in [0.29, 0.717) is 12.3 Å². The molecule has 0 unspecified atom stereocenters.